The largest absolute Gasteiger partial charge is 0.372 e. The molecule has 1 nitrogen and oxygen atoms in total. The van der Waals surface area contributed by atoms with Gasteiger partial charge in [-0.2, -0.15) is 0 Å². The van der Waals surface area contributed by atoms with Crippen molar-refractivity contribution < 1.29 is 13.2 Å². The molecule has 1 unspecified atom stereocenters. The van der Waals surface area contributed by atoms with Gasteiger partial charge in [-0.3, -0.25) is 0 Å². The molecule has 0 saturated heterocycles. The van der Waals surface area contributed by atoms with Crippen LogP contribution in [-0.4, -0.2) is 6.04 Å². The minimum atomic E-state index is -1.48. The van der Waals surface area contributed by atoms with Crippen LogP contribution >= 0.6 is 0 Å². The Hall–Kier alpha value is -1.63. The standard InChI is InChI=1S/C10H8F3N/c1-3-6(2)14-7-4-8(11)10(13)9(12)5-7/h1,4-6,14H,2H3. The lowest BCUT2D eigenvalue weighted by atomic mass is 10.2. The molecule has 1 rings (SSSR count). The summed E-state index contributed by atoms with van der Waals surface area (Å²) < 4.78 is 37.9. The molecule has 0 aliphatic heterocycles. The van der Waals surface area contributed by atoms with E-state index in [1.807, 2.05) is 0 Å². The highest BCUT2D eigenvalue weighted by Gasteiger charge is 2.10. The van der Waals surface area contributed by atoms with Crippen molar-refractivity contribution in [1.29, 1.82) is 0 Å². The van der Waals surface area contributed by atoms with Crippen LogP contribution in [-0.2, 0) is 0 Å². The normalized spacial score (nSPS) is 11.9. The molecule has 0 bridgehead atoms. The summed E-state index contributed by atoms with van der Waals surface area (Å²) in [5.41, 5.74) is 0.117. The number of rotatable bonds is 2. The van der Waals surface area contributed by atoms with E-state index in [9.17, 15) is 13.2 Å². The van der Waals surface area contributed by atoms with Crippen molar-refractivity contribution in [3.63, 3.8) is 0 Å². The molecular formula is C10H8F3N. The van der Waals surface area contributed by atoms with Crippen LogP contribution in [0.5, 0.6) is 0 Å². The number of terminal acetylenes is 1. The predicted octanol–water partition coefficient (Wildman–Crippen LogP) is 2.54. The number of halogens is 3. The molecule has 4 heteroatoms. The summed E-state index contributed by atoms with van der Waals surface area (Å²) in [6.07, 6.45) is 5.05. The number of hydrogen-bond donors (Lipinski definition) is 1. The maximum Gasteiger partial charge on any atom is 0.194 e. The summed E-state index contributed by atoms with van der Waals surface area (Å²) >= 11 is 0. The van der Waals surface area contributed by atoms with Crippen LogP contribution in [0.3, 0.4) is 0 Å². The molecule has 0 spiro atoms. The molecule has 0 aromatic heterocycles. The summed E-state index contributed by atoms with van der Waals surface area (Å²) in [6.45, 7) is 1.64. The van der Waals surface area contributed by atoms with E-state index in [2.05, 4.69) is 11.2 Å². The number of benzene rings is 1. The van der Waals surface area contributed by atoms with Gasteiger partial charge < -0.3 is 5.32 Å². The van der Waals surface area contributed by atoms with Gasteiger partial charge in [0, 0.05) is 17.8 Å². The molecule has 1 aromatic rings. The van der Waals surface area contributed by atoms with Crippen molar-refractivity contribution in [1.82, 2.24) is 0 Å². The second kappa shape index (κ2) is 4.05. The first-order valence-corrected chi connectivity index (χ1v) is 3.92. The predicted molar refractivity (Wildman–Crippen MR) is 48.2 cm³/mol. The highest BCUT2D eigenvalue weighted by Crippen LogP contribution is 2.17. The lowest BCUT2D eigenvalue weighted by Gasteiger charge is -2.09. The average molecular weight is 199 g/mol. The topological polar surface area (TPSA) is 12.0 Å². The van der Waals surface area contributed by atoms with E-state index in [0.717, 1.165) is 12.1 Å². The molecular weight excluding hydrogens is 191 g/mol. The summed E-state index contributed by atoms with van der Waals surface area (Å²) in [4.78, 5) is 0. The Bertz CT molecular complexity index is 358. The van der Waals surface area contributed by atoms with E-state index in [1.54, 1.807) is 6.92 Å². The van der Waals surface area contributed by atoms with Crippen LogP contribution in [0, 0.1) is 29.8 Å². The molecule has 0 fully saturated rings. The first kappa shape index (κ1) is 10.5. The van der Waals surface area contributed by atoms with Gasteiger partial charge in [-0.15, -0.1) is 6.42 Å². The van der Waals surface area contributed by atoms with Gasteiger partial charge >= 0.3 is 0 Å². The van der Waals surface area contributed by atoms with E-state index >= 15 is 0 Å². The molecule has 0 heterocycles. The first-order valence-electron chi connectivity index (χ1n) is 3.92. The van der Waals surface area contributed by atoms with Crippen molar-refractivity contribution in [3.05, 3.63) is 29.6 Å². The molecule has 0 aliphatic carbocycles. The van der Waals surface area contributed by atoms with Crippen molar-refractivity contribution in [2.45, 2.75) is 13.0 Å². The average Bonchev–Trinajstić information content (AvgIpc) is 2.14. The molecule has 0 aliphatic rings. The summed E-state index contributed by atoms with van der Waals surface area (Å²) in [6, 6.07) is 1.33. The summed E-state index contributed by atoms with van der Waals surface area (Å²) in [5.74, 6) is -1.64. The smallest absolute Gasteiger partial charge is 0.194 e. The van der Waals surface area contributed by atoms with E-state index in [-0.39, 0.29) is 11.7 Å². The van der Waals surface area contributed by atoms with E-state index < -0.39 is 17.5 Å². The Kier molecular flexibility index (Phi) is 3.03. The molecule has 0 saturated carbocycles. The lowest BCUT2D eigenvalue weighted by Crippen LogP contribution is -2.12. The highest BCUT2D eigenvalue weighted by molar-refractivity contribution is 5.46. The highest BCUT2D eigenvalue weighted by atomic mass is 19.2. The molecule has 0 amide bonds. The van der Waals surface area contributed by atoms with Crippen molar-refractivity contribution in [3.8, 4) is 12.3 Å². The van der Waals surface area contributed by atoms with E-state index in [4.69, 9.17) is 6.42 Å². The zero-order valence-electron chi connectivity index (χ0n) is 7.44. The van der Waals surface area contributed by atoms with Crippen molar-refractivity contribution in [2.75, 3.05) is 5.32 Å². The van der Waals surface area contributed by atoms with Gasteiger partial charge in [0.1, 0.15) is 0 Å². The van der Waals surface area contributed by atoms with Gasteiger partial charge in [-0.05, 0) is 6.92 Å². The monoisotopic (exact) mass is 199 g/mol. The van der Waals surface area contributed by atoms with Gasteiger partial charge in [0.25, 0.3) is 0 Å². The van der Waals surface area contributed by atoms with Crippen LogP contribution in [0.25, 0.3) is 0 Å². The maximum absolute atomic E-state index is 12.7. The van der Waals surface area contributed by atoms with Gasteiger partial charge in [0.2, 0.25) is 0 Å². The van der Waals surface area contributed by atoms with Crippen LogP contribution in [0.4, 0.5) is 18.9 Å². The first-order chi connectivity index (χ1) is 6.54. The Labute approximate surface area is 79.9 Å². The van der Waals surface area contributed by atoms with Gasteiger partial charge in [0.05, 0.1) is 6.04 Å². The third-order valence-corrected chi connectivity index (χ3v) is 1.62. The maximum atomic E-state index is 12.7. The second-order valence-electron chi connectivity index (χ2n) is 2.79. The quantitative estimate of drug-likeness (QED) is 0.570. The van der Waals surface area contributed by atoms with Crippen molar-refractivity contribution in [2.24, 2.45) is 0 Å². The molecule has 1 atom stereocenters. The molecule has 1 aromatic carbocycles. The fourth-order valence-electron chi connectivity index (χ4n) is 0.931. The van der Waals surface area contributed by atoms with Gasteiger partial charge in [-0.1, -0.05) is 5.92 Å². The SMILES string of the molecule is C#CC(C)Nc1cc(F)c(F)c(F)c1. The molecule has 0 radical (unpaired) electrons. The lowest BCUT2D eigenvalue weighted by molar-refractivity contribution is 0.447. The second-order valence-corrected chi connectivity index (χ2v) is 2.79. The number of hydrogen-bond acceptors (Lipinski definition) is 1. The summed E-state index contributed by atoms with van der Waals surface area (Å²) in [5, 5.41) is 2.62. The Morgan fingerprint density at radius 2 is 1.79 bits per heavy atom. The van der Waals surface area contributed by atoms with Gasteiger partial charge in [0.15, 0.2) is 17.5 Å². The zero-order chi connectivity index (χ0) is 10.7. The fourth-order valence-corrected chi connectivity index (χ4v) is 0.931. The third kappa shape index (κ3) is 2.19. The Morgan fingerprint density at radius 1 is 1.29 bits per heavy atom. The minimum Gasteiger partial charge on any atom is -0.372 e. The Morgan fingerprint density at radius 3 is 2.21 bits per heavy atom. The zero-order valence-corrected chi connectivity index (χ0v) is 7.44. The van der Waals surface area contributed by atoms with Crippen LogP contribution in [0.15, 0.2) is 12.1 Å². The molecule has 1 N–H and O–H groups in total. The van der Waals surface area contributed by atoms with E-state index in [0.29, 0.717) is 0 Å². The fraction of sp³-hybridized carbons (Fsp3) is 0.200. The number of anilines is 1. The summed E-state index contributed by atoms with van der Waals surface area (Å²) in [7, 11) is 0. The third-order valence-electron chi connectivity index (χ3n) is 1.62. The van der Waals surface area contributed by atoms with Crippen LogP contribution in [0.1, 0.15) is 6.92 Å². The van der Waals surface area contributed by atoms with E-state index in [1.165, 1.54) is 0 Å². The minimum absolute atomic E-state index is 0.117. The van der Waals surface area contributed by atoms with Crippen molar-refractivity contribution >= 4 is 5.69 Å². The Balaban J connectivity index is 2.97. The van der Waals surface area contributed by atoms with Gasteiger partial charge in [-0.25, -0.2) is 13.2 Å². The van der Waals surface area contributed by atoms with Crippen LogP contribution < -0.4 is 5.32 Å². The number of nitrogens with one attached hydrogen (secondary N) is 1. The molecule has 74 valence electrons. The van der Waals surface area contributed by atoms with Crippen LogP contribution in [0.2, 0.25) is 0 Å². The molecule has 14 heavy (non-hydrogen) atoms.